The Morgan fingerprint density at radius 3 is 2.44 bits per heavy atom. The van der Waals surface area contributed by atoms with Crippen LogP contribution in [0.3, 0.4) is 0 Å². The van der Waals surface area contributed by atoms with Gasteiger partial charge in [-0.2, -0.15) is 0 Å². The van der Waals surface area contributed by atoms with E-state index in [0.717, 1.165) is 3.57 Å². The Hall–Kier alpha value is -2.13. The van der Waals surface area contributed by atoms with E-state index in [9.17, 15) is 14.7 Å². The van der Waals surface area contributed by atoms with Crippen LogP contribution in [-0.2, 0) is 4.79 Å². The van der Waals surface area contributed by atoms with E-state index in [-0.39, 0.29) is 31.5 Å². The van der Waals surface area contributed by atoms with Gasteiger partial charge < -0.3 is 20.5 Å². The second kappa shape index (κ2) is 10.00. The van der Waals surface area contributed by atoms with Gasteiger partial charge in [-0.05, 0) is 46.9 Å². The summed E-state index contributed by atoms with van der Waals surface area (Å²) in [7, 11) is 0. The first-order chi connectivity index (χ1) is 12.1. The fraction of sp³-hybridized carbons (Fsp3) is 0.222. The molecule has 1 unspecified atom stereocenters. The minimum Gasteiger partial charge on any atom is -0.491 e. The largest absolute Gasteiger partial charge is 0.491 e. The molecule has 0 aliphatic carbocycles. The third-order valence-electron chi connectivity index (χ3n) is 3.25. The van der Waals surface area contributed by atoms with E-state index in [1.165, 1.54) is 0 Å². The van der Waals surface area contributed by atoms with Gasteiger partial charge in [0.25, 0.3) is 5.91 Å². The number of rotatable bonds is 8. The predicted molar refractivity (Wildman–Crippen MR) is 102 cm³/mol. The third kappa shape index (κ3) is 6.71. The predicted octanol–water partition coefficient (Wildman–Crippen LogP) is 1.58. The van der Waals surface area contributed by atoms with Gasteiger partial charge in [-0.15, -0.1) is 0 Å². The standard InChI is InChI=1S/C18H19IN2O4/c19-16-9-5-4-8-15(16)18(24)21-11-17(23)20-10-13(22)12-25-14-6-2-1-3-7-14/h1-9,13,22H,10-12H2,(H,20,23)(H,21,24). The van der Waals surface area contributed by atoms with Crippen LogP contribution in [0.5, 0.6) is 5.75 Å². The maximum absolute atomic E-state index is 12.0. The van der Waals surface area contributed by atoms with Gasteiger partial charge in [0.2, 0.25) is 5.91 Å². The summed E-state index contributed by atoms with van der Waals surface area (Å²) >= 11 is 2.06. The van der Waals surface area contributed by atoms with Crippen LogP contribution in [0.1, 0.15) is 10.4 Å². The Balaban J connectivity index is 1.66. The fourth-order valence-electron chi connectivity index (χ4n) is 1.96. The Bertz CT molecular complexity index is 709. The lowest BCUT2D eigenvalue weighted by molar-refractivity contribution is -0.120. The van der Waals surface area contributed by atoms with E-state index in [2.05, 4.69) is 33.2 Å². The zero-order valence-corrected chi connectivity index (χ0v) is 15.6. The molecule has 1 atom stereocenters. The van der Waals surface area contributed by atoms with Crippen LogP contribution in [0.4, 0.5) is 0 Å². The fourth-order valence-corrected chi connectivity index (χ4v) is 2.60. The zero-order chi connectivity index (χ0) is 18.1. The number of aliphatic hydroxyl groups excluding tert-OH is 1. The molecule has 25 heavy (non-hydrogen) atoms. The van der Waals surface area contributed by atoms with E-state index in [1.807, 2.05) is 30.3 Å². The van der Waals surface area contributed by atoms with Gasteiger partial charge >= 0.3 is 0 Å². The minimum absolute atomic E-state index is 0.0460. The molecule has 0 bridgehead atoms. The summed E-state index contributed by atoms with van der Waals surface area (Å²) in [5, 5.41) is 14.9. The van der Waals surface area contributed by atoms with Gasteiger partial charge in [0.15, 0.2) is 0 Å². The van der Waals surface area contributed by atoms with Crippen LogP contribution in [-0.4, -0.2) is 42.7 Å². The molecule has 0 saturated carbocycles. The lowest BCUT2D eigenvalue weighted by Crippen LogP contribution is -2.41. The van der Waals surface area contributed by atoms with Crippen molar-refractivity contribution in [2.24, 2.45) is 0 Å². The Kier molecular flexibility index (Phi) is 7.68. The number of carbonyl (C=O) groups excluding carboxylic acids is 2. The molecule has 0 aliphatic rings. The van der Waals surface area contributed by atoms with Crippen LogP contribution in [0, 0.1) is 3.57 Å². The normalized spacial score (nSPS) is 11.4. The van der Waals surface area contributed by atoms with Gasteiger partial charge in [0.05, 0.1) is 12.1 Å². The molecule has 0 saturated heterocycles. The first kappa shape index (κ1) is 19.2. The van der Waals surface area contributed by atoms with E-state index in [4.69, 9.17) is 4.74 Å². The van der Waals surface area contributed by atoms with Crippen molar-refractivity contribution in [2.75, 3.05) is 19.7 Å². The summed E-state index contributed by atoms with van der Waals surface area (Å²) in [5.41, 5.74) is 0.521. The first-order valence-electron chi connectivity index (χ1n) is 7.71. The van der Waals surface area contributed by atoms with E-state index in [0.29, 0.717) is 11.3 Å². The molecule has 0 aliphatic heterocycles. The molecule has 2 amide bonds. The topological polar surface area (TPSA) is 87.7 Å². The third-order valence-corrected chi connectivity index (χ3v) is 4.19. The summed E-state index contributed by atoms with van der Waals surface area (Å²) in [6, 6.07) is 16.2. The number of hydrogen-bond donors (Lipinski definition) is 3. The molecule has 0 radical (unpaired) electrons. The van der Waals surface area contributed by atoms with Gasteiger partial charge in [0.1, 0.15) is 18.5 Å². The van der Waals surface area contributed by atoms with Crippen molar-refractivity contribution in [1.29, 1.82) is 0 Å². The Labute approximate surface area is 159 Å². The maximum Gasteiger partial charge on any atom is 0.252 e. The van der Waals surface area contributed by atoms with Gasteiger partial charge in [-0.1, -0.05) is 30.3 Å². The summed E-state index contributed by atoms with van der Waals surface area (Å²) < 4.78 is 6.21. The number of halogens is 1. The van der Waals surface area contributed by atoms with E-state index < -0.39 is 6.10 Å². The highest BCUT2D eigenvalue weighted by molar-refractivity contribution is 14.1. The highest BCUT2D eigenvalue weighted by Crippen LogP contribution is 2.11. The monoisotopic (exact) mass is 454 g/mol. The summed E-state index contributed by atoms with van der Waals surface area (Å²) in [5.74, 6) is -0.0382. The Morgan fingerprint density at radius 1 is 1.04 bits per heavy atom. The van der Waals surface area contributed by atoms with Crippen molar-refractivity contribution in [3.63, 3.8) is 0 Å². The number of nitrogens with one attached hydrogen (secondary N) is 2. The van der Waals surface area contributed by atoms with Crippen molar-refractivity contribution in [2.45, 2.75) is 6.10 Å². The van der Waals surface area contributed by atoms with E-state index >= 15 is 0 Å². The minimum atomic E-state index is -0.838. The van der Waals surface area contributed by atoms with Crippen LogP contribution in [0.25, 0.3) is 0 Å². The molecule has 6 nitrogen and oxygen atoms in total. The van der Waals surface area contributed by atoms with Gasteiger partial charge in [-0.3, -0.25) is 9.59 Å². The number of benzene rings is 2. The smallest absolute Gasteiger partial charge is 0.252 e. The second-order valence-corrected chi connectivity index (χ2v) is 6.41. The molecule has 2 rings (SSSR count). The summed E-state index contributed by atoms with van der Waals surface area (Å²) in [6.45, 7) is -0.0423. The van der Waals surface area contributed by atoms with E-state index in [1.54, 1.807) is 24.3 Å². The SMILES string of the molecule is O=C(CNC(=O)c1ccccc1I)NCC(O)COc1ccccc1. The molecular formula is C18H19IN2O4. The van der Waals surface area contributed by atoms with Gasteiger partial charge in [-0.25, -0.2) is 0 Å². The van der Waals surface area contributed by atoms with Crippen LogP contribution >= 0.6 is 22.6 Å². The highest BCUT2D eigenvalue weighted by atomic mass is 127. The number of hydrogen-bond acceptors (Lipinski definition) is 4. The molecule has 0 fully saturated rings. The molecule has 3 N–H and O–H groups in total. The molecule has 132 valence electrons. The van der Waals surface area contributed by atoms with Crippen LogP contribution in [0.15, 0.2) is 54.6 Å². The number of para-hydroxylation sites is 1. The van der Waals surface area contributed by atoms with Crippen molar-refractivity contribution in [3.8, 4) is 5.75 Å². The molecule has 2 aromatic rings. The van der Waals surface area contributed by atoms with Crippen molar-refractivity contribution in [3.05, 3.63) is 63.7 Å². The molecule has 0 aromatic heterocycles. The average molecular weight is 454 g/mol. The highest BCUT2D eigenvalue weighted by Gasteiger charge is 2.12. The first-order valence-corrected chi connectivity index (χ1v) is 8.79. The average Bonchev–Trinajstić information content (AvgIpc) is 2.64. The number of amides is 2. The molecular weight excluding hydrogens is 435 g/mol. The number of ether oxygens (including phenoxy) is 1. The van der Waals surface area contributed by atoms with Crippen molar-refractivity contribution in [1.82, 2.24) is 10.6 Å². The lowest BCUT2D eigenvalue weighted by Gasteiger charge is -2.13. The molecule has 7 heteroatoms. The molecule has 0 spiro atoms. The maximum atomic E-state index is 12.0. The van der Waals surface area contributed by atoms with Crippen molar-refractivity contribution < 1.29 is 19.4 Å². The molecule has 2 aromatic carbocycles. The van der Waals surface area contributed by atoms with Crippen LogP contribution < -0.4 is 15.4 Å². The second-order valence-electron chi connectivity index (χ2n) is 5.24. The summed E-state index contributed by atoms with van der Waals surface area (Å²) in [4.78, 5) is 23.8. The molecule has 0 heterocycles. The van der Waals surface area contributed by atoms with Gasteiger partial charge in [0, 0.05) is 10.1 Å². The number of aliphatic hydroxyl groups is 1. The van der Waals surface area contributed by atoms with Crippen LogP contribution in [0.2, 0.25) is 0 Å². The number of carbonyl (C=O) groups is 2. The summed E-state index contributed by atoms with van der Waals surface area (Å²) in [6.07, 6.45) is -0.838. The van der Waals surface area contributed by atoms with Crippen molar-refractivity contribution >= 4 is 34.4 Å². The quantitative estimate of drug-likeness (QED) is 0.529. The Morgan fingerprint density at radius 2 is 1.72 bits per heavy atom. The zero-order valence-electron chi connectivity index (χ0n) is 13.4. The lowest BCUT2D eigenvalue weighted by atomic mass is 10.2.